The number of H-pyrrole nitrogens is 1. The highest BCUT2D eigenvalue weighted by Crippen LogP contribution is 2.24. The summed E-state index contributed by atoms with van der Waals surface area (Å²) in [5, 5.41) is 27.9. The van der Waals surface area contributed by atoms with Crippen molar-refractivity contribution in [1.29, 1.82) is 5.26 Å². The van der Waals surface area contributed by atoms with Gasteiger partial charge in [-0.2, -0.15) is 10.5 Å². The van der Waals surface area contributed by atoms with Crippen LogP contribution in [0.5, 0.6) is 0 Å². The molecule has 21 heavy (non-hydrogen) atoms. The van der Waals surface area contributed by atoms with E-state index >= 15 is 0 Å². The average Bonchev–Trinajstić information content (AvgIpc) is 3.20. The van der Waals surface area contributed by atoms with Crippen LogP contribution in [0.25, 0.3) is 16.8 Å². The number of anilines is 1. The van der Waals surface area contributed by atoms with E-state index in [2.05, 4.69) is 30.9 Å². The Morgan fingerprint density at radius 2 is 2.19 bits per heavy atom. The second-order valence-electron chi connectivity index (χ2n) is 3.95. The summed E-state index contributed by atoms with van der Waals surface area (Å²) in [5.41, 5.74) is 2.21. The van der Waals surface area contributed by atoms with Gasteiger partial charge in [0.25, 0.3) is 0 Å². The standard InChI is InChI=1S/C13H9N7S/c14-6-10(12-17-19-20-18-12)7-15-13-16-11(8-21-13)9-4-2-1-3-5-9/h1-5,7-8H,(H,15,16)(H,17,18,19,20)/b10-7-. The molecule has 0 aliphatic carbocycles. The minimum Gasteiger partial charge on any atom is -0.337 e. The molecule has 8 heteroatoms. The molecule has 0 atom stereocenters. The van der Waals surface area contributed by atoms with Crippen LogP contribution >= 0.6 is 11.3 Å². The number of nitriles is 1. The number of allylic oxidation sites excluding steroid dienone is 1. The molecule has 0 fully saturated rings. The fourth-order valence-corrected chi connectivity index (χ4v) is 2.33. The van der Waals surface area contributed by atoms with Gasteiger partial charge in [-0.15, -0.1) is 21.5 Å². The molecule has 102 valence electrons. The van der Waals surface area contributed by atoms with E-state index in [1.807, 2.05) is 41.8 Å². The molecule has 0 bridgehead atoms. The van der Waals surface area contributed by atoms with Gasteiger partial charge in [-0.25, -0.2) is 4.98 Å². The van der Waals surface area contributed by atoms with Gasteiger partial charge in [0.1, 0.15) is 11.6 Å². The fraction of sp³-hybridized carbons (Fsp3) is 0. The van der Waals surface area contributed by atoms with E-state index in [0.717, 1.165) is 11.3 Å². The minimum absolute atomic E-state index is 0.241. The van der Waals surface area contributed by atoms with Crippen LogP contribution < -0.4 is 5.32 Å². The van der Waals surface area contributed by atoms with E-state index in [4.69, 9.17) is 5.26 Å². The number of thiazole rings is 1. The van der Waals surface area contributed by atoms with Gasteiger partial charge in [-0.3, -0.25) is 0 Å². The van der Waals surface area contributed by atoms with Crippen LogP contribution in [0.4, 0.5) is 5.13 Å². The average molecular weight is 295 g/mol. The van der Waals surface area contributed by atoms with Crippen LogP contribution in [-0.2, 0) is 0 Å². The molecule has 2 heterocycles. The molecule has 0 unspecified atom stereocenters. The zero-order valence-electron chi connectivity index (χ0n) is 10.7. The number of hydrogen-bond acceptors (Lipinski definition) is 7. The molecule has 0 aliphatic heterocycles. The largest absolute Gasteiger partial charge is 0.337 e. The van der Waals surface area contributed by atoms with E-state index < -0.39 is 0 Å². The second-order valence-corrected chi connectivity index (χ2v) is 4.81. The van der Waals surface area contributed by atoms with Crippen molar-refractivity contribution in [3.63, 3.8) is 0 Å². The summed E-state index contributed by atoms with van der Waals surface area (Å²) in [6.07, 6.45) is 1.51. The molecule has 0 aliphatic rings. The number of aromatic amines is 1. The Morgan fingerprint density at radius 3 is 2.90 bits per heavy atom. The number of nitrogens with one attached hydrogen (secondary N) is 2. The lowest BCUT2D eigenvalue weighted by atomic mass is 10.2. The van der Waals surface area contributed by atoms with Crippen LogP contribution in [0, 0.1) is 11.3 Å². The third-order valence-corrected chi connectivity index (χ3v) is 3.39. The molecule has 1 aromatic carbocycles. The lowest BCUT2D eigenvalue weighted by Gasteiger charge is -1.96. The van der Waals surface area contributed by atoms with Crippen LogP contribution in [0.15, 0.2) is 41.9 Å². The van der Waals surface area contributed by atoms with Gasteiger partial charge in [0, 0.05) is 17.1 Å². The zero-order chi connectivity index (χ0) is 14.5. The van der Waals surface area contributed by atoms with E-state index in [1.54, 1.807) is 0 Å². The number of nitrogens with zero attached hydrogens (tertiary/aromatic N) is 5. The first-order valence-corrected chi connectivity index (χ1v) is 6.86. The minimum atomic E-state index is 0.241. The van der Waals surface area contributed by atoms with Gasteiger partial charge in [-0.1, -0.05) is 30.3 Å². The summed E-state index contributed by atoms with van der Waals surface area (Å²) in [5.74, 6) is 0.241. The van der Waals surface area contributed by atoms with Gasteiger partial charge in [0.05, 0.1) is 5.69 Å². The molecule has 0 amide bonds. The summed E-state index contributed by atoms with van der Waals surface area (Å²) in [4.78, 5) is 4.46. The SMILES string of the molecule is N#C/C(=C/Nc1nc(-c2ccccc2)cs1)c1nn[nH]n1. The highest BCUT2D eigenvalue weighted by molar-refractivity contribution is 7.14. The molecule has 0 radical (unpaired) electrons. The second kappa shape index (κ2) is 5.94. The quantitative estimate of drug-likeness (QED) is 0.716. The normalized spacial score (nSPS) is 11.1. The Bertz CT molecular complexity index is 784. The molecule has 7 nitrogen and oxygen atoms in total. The van der Waals surface area contributed by atoms with E-state index in [0.29, 0.717) is 5.13 Å². The number of rotatable bonds is 4. The highest BCUT2D eigenvalue weighted by Gasteiger charge is 2.07. The Balaban J connectivity index is 1.78. The Hall–Kier alpha value is -3.05. The van der Waals surface area contributed by atoms with Gasteiger partial charge in [-0.05, 0) is 5.21 Å². The Labute approximate surface area is 124 Å². The summed E-state index contributed by atoms with van der Waals surface area (Å²) in [7, 11) is 0. The van der Waals surface area contributed by atoms with Crippen molar-refractivity contribution < 1.29 is 0 Å². The fourth-order valence-electron chi connectivity index (χ4n) is 1.64. The topological polar surface area (TPSA) is 103 Å². The predicted molar refractivity (Wildman–Crippen MR) is 78.9 cm³/mol. The first-order chi connectivity index (χ1) is 10.4. The molecule has 3 aromatic rings. The maximum atomic E-state index is 9.06. The zero-order valence-corrected chi connectivity index (χ0v) is 11.5. The lowest BCUT2D eigenvalue weighted by Crippen LogP contribution is -1.92. The third kappa shape index (κ3) is 2.93. The number of hydrogen-bond donors (Lipinski definition) is 2. The van der Waals surface area contributed by atoms with Gasteiger partial charge >= 0.3 is 0 Å². The third-order valence-electron chi connectivity index (χ3n) is 2.62. The van der Waals surface area contributed by atoms with E-state index in [-0.39, 0.29) is 11.4 Å². The molecular formula is C13H9N7S. The molecule has 2 aromatic heterocycles. The first kappa shape index (κ1) is 13.0. The van der Waals surface area contributed by atoms with E-state index in [1.165, 1.54) is 17.5 Å². The molecule has 3 rings (SSSR count). The van der Waals surface area contributed by atoms with E-state index in [9.17, 15) is 0 Å². The van der Waals surface area contributed by atoms with Crippen LogP contribution in [0.1, 0.15) is 5.82 Å². The predicted octanol–water partition coefficient (Wildman–Crippen LogP) is 2.30. The number of benzene rings is 1. The van der Waals surface area contributed by atoms with Crippen molar-refractivity contribution in [3.8, 4) is 17.3 Å². The first-order valence-electron chi connectivity index (χ1n) is 5.98. The van der Waals surface area contributed by atoms with Crippen molar-refractivity contribution >= 4 is 22.0 Å². The summed E-state index contributed by atoms with van der Waals surface area (Å²) >= 11 is 1.45. The van der Waals surface area contributed by atoms with Crippen LogP contribution in [0.3, 0.4) is 0 Å². The van der Waals surface area contributed by atoms with Crippen LogP contribution in [-0.4, -0.2) is 25.6 Å². The number of tetrazole rings is 1. The van der Waals surface area contributed by atoms with Crippen molar-refractivity contribution in [2.24, 2.45) is 0 Å². The monoisotopic (exact) mass is 295 g/mol. The Kier molecular flexibility index (Phi) is 3.66. The summed E-state index contributed by atoms with van der Waals surface area (Å²) in [6.45, 7) is 0. The van der Waals surface area contributed by atoms with Crippen LogP contribution in [0.2, 0.25) is 0 Å². The maximum Gasteiger partial charge on any atom is 0.216 e. The maximum absolute atomic E-state index is 9.06. The van der Waals surface area contributed by atoms with Gasteiger partial charge in [0.15, 0.2) is 5.13 Å². The summed E-state index contributed by atoms with van der Waals surface area (Å²) < 4.78 is 0. The molecular weight excluding hydrogens is 286 g/mol. The van der Waals surface area contributed by atoms with Crippen molar-refractivity contribution in [1.82, 2.24) is 25.6 Å². The number of aromatic nitrogens is 5. The van der Waals surface area contributed by atoms with Gasteiger partial charge in [0.2, 0.25) is 5.82 Å². The highest BCUT2D eigenvalue weighted by atomic mass is 32.1. The van der Waals surface area contributed by atoms with Crippen molar-refractivity contribution in [2.75, 3.05) is 5.32 Å². The molecule has 0 saturated heterocycles. The van der Waals surface area contributed by atoms with Gasteiger partial charge < -0.3 is 5.32 Å². The molecule has 0 saturated carbocycles. The molecule has 2 N–H and O–H groups in total. The van der Waals surface area contributed by atoms with Crippen molar-refractivity contribution in [2.45, 2.75) is 0 Å². The van der Waals surface area contributed by atoms with Crippen molar-refractivity contribution in [3.05, 3.63) is 47.7 Å². The smallest absolute Gasteiger partial charge is 0.216 e. The summed E-state index contributed by atoms with van der Waals surface area (Å²) in [6, 6.07) is 11.9. The molecule has 0 spiro atoms. The Morgan fingerprint density at radius 1 is 1.33 bits per heavy atom. The lowest BCUT2D eigenvalue weighted by molar-refractivity contribution is 0.881.